The number of anilines is 1. The molecule has 0 aliphatic carbocycles. The predicted molar refractivity (Wildman–Crippen MR) is 151 cm³/mol. The molecule has 5 aromatic rings. The second-order valence-corrected chi connectivity index (χ2v) is 9.94. The highest BCUT2D eigenvalue weighted by atomic mass is 32.1. The number of hydrogen-bond donors (Lipinski definition) is 3. The lowest BCUT2D eigenvalue weighted by atomic mass is 10.3. The van der Waals surface area contributed by atoms with Crippen molar-refractivity contribution in [2.24, 2.45) is 20.5 Å². The summed E-state index contributed by atoms with van der Waals surface area (Å²) in [5.74, 6) is 0.425. The van der Waals surface area contributed by atoms with Gasteiger partial charge in [-0.3, -0.25) is 10.2 Å². The first-order chi connectivity index (χ1) is 20.6. The summed E-state index contributed by atoms with van der Waals surface area (Å²) >= 11 is 2.13. The van der Waals surface area contributed by atoms with Crippen LogP contribution in [-0.2, 0) is 16.1 Å². The first-order valence-electron chi connectivity index (χ1n) is 12.1. The van der Waals surface area contributed by atoms with Crippen molar-refractivity contribution in [3.63, 3.8) is 0 Å². The molecular formula is C21H21N17O3S2. The number of hydrogen-bond acceptors (Lipinski definition) is 19. The molecule has 5 rings (SSSR count). The fraction of sp³-hybridized carbons (Fsp3) is 0.286. The fourth-order valence-electron chi connectivity index (χ4n) is 3.55. The van der Waals surface area contributed by atoms with Crippen LogP contribution < -0.4 is 5.32 Å². The van der Waals surface area contributed by atoms with Crippen LogP contribution in [0.25, 0.3) is 11.9 Å². The van der Waals surface area contributed by atoms with Gasteiger partial charge in [-0.2, -0.15) is 43.3 Å². The molecule has 43 heavy (non-hydrogen) atoms. The maximum Gasteiger partial charge on any atom is 0.320 e. The van der Waals surface area contributed by atoms with E-state index in [-0.39, 0.29) is 30.0 Å². The zero-order valence-electron chi connectivity index (χ0n) is 23.1. The van der Waals surface area contributed by atoms with E-state index in [1.54, 1.807) is 27.7 Å². The van der Waals surface area contributed by atoms with E-state index in [1.165, 1.54) is 16.3 Å². The number of nitrogens with zero attached hydrogens (tertiary/aromatic N) is 15. The van der Waals surface area contributed by atoms with Gasteiger partial charge in [-0.05, 0) is 27.7 Å². The molecule has 22 heteroatoms. The van der Waals surface area contributed by atoms with Crippen LogP contribution in [0.5, 0.6) is 6.01 Å². The standard InChI is InChI=1S/C21H21N17O3S2/c1-8-14(29-31-20-23-10(3)35-42-20)13(6-41-7-22)37(33-8)17-26-18(28-19(40)27-17)38-16(25-12(5)39)15(9(2)34-38)30-32-21-24-11(4)36-43-21/h7,22H,6H2,1-5H3,(H,25,39)(H,26,27,28,40). The van der Waals surface area contributed by atoms with Gasteiger partial charge in [0.05, 0.1) is 11.4 Å². The van der Waals surface area contributed by atoms with E-state index >= 15 is 0 Å². The third-order valence-electron chi connectivity index (χ3n) is 5.23. The largest absolute Gasteiger partial charge is 0.479 e. The minimum absolute atomic E-state index is 0.0809. The second-order valence-electron chi connectivity index (χ2n) is 8.48. The van der Waals surface area contributed by atoms with Gasteiger partial charge in [-0.15, -0.1) is 20.5 Å². The summed E-state index contributed by atoms with van der Waals surface area (Å²) < 4.78 is 15.8. The minimum Gasteiger partial charge on any atom is -0.479 e. The zero-order valence-corrected chi connectivity index (χ0v) is 24.7. The molecule has 0 aliphatic heterocycles. The molecular weight excluding hydrogens is 602 g/mol. The summed E-state index contributed by atoms with van der Waals surface area (Å²) in [6.45, 7) is 7.92. The summed E-state index contributed by atoms with van der Waals surface area (Å²) in [6, 6.07) is -0.672. The topological polar surface area (TPSA) is 258 Å². The number of amides is 1. The van der Waals surface area contributed by atoms with E-state index in [9.17, 15) is 9.90 Å². The molecule has 0 saturated heterocycles. The average molecular weight is 624 g/mol. The lowest BCUT2D eigenvalue weighted by Gasteiger charge is -2.10. The highest BCUT2D eigenvalue weighted by molar-refractivity contribution is 7.09. The molecule has 5 heterocycles. The SMILES string of the molecule is CC(=O)Nc1c(N=Nc2nc(C)ns2)c(C)nn1-c1nc(O)nc(-n2nc(C)c(N=Nc3nc(C)ns3)c2COC=N)n1. The highest BCUT2D eigenvalue weighted by Crippen LogP contribution is 2.34. The predicted octanol–water partition coefficient (Wildman–Crippen LogP) is 3.80. The molecule has 0 fully saturated rings. The van der Waals surface area contributed by atoms with Gasteiger partial charge in [-0.25, -0.2) is 9.97 Å². The van der Waals surface area contributed by atoms with E-state index in [1.807, 2.05) is 0 Å². The van der Waals surface area contributed by atoms with Gasteiger partial charge in [0.25, 0.3) is 11.9 Å². The van der Waals surface area contributed by atoms with Crippen molar-refractivity contribution >= 4 is 62.8 Å². The van der Waals surface area contributed by atoms with Gasteiger partial charge in [0.15, 0.2) is 17.9 Å². The summed E-state index contributed by atoms with van der Waals surface area (Å²) in [5.41, 5.74) is 1.59. The molecule has 0 saturated carbocycles. The quantitative estimate of drug-likeness (QED) is 0.114. The zero-order chi connectivity index (χ0) is 30.7. The van der Waals surface area contributed by atoms with Crippen molar-refractivity contribution in [3.8, 4) is 17.9 Å². The molecule has 0 spiro atoms. The Morgan fingerprint density at radius 1 is 0.884 bits per heavy atom. The number of carbonyl (C=O) groups is 1. The molecule has 0 atom stereocenters. The van der Waals surface area contributed by atoms with Crippen LogP contribution in [0.15, 0.2) is 20.5 Å². The molecule has 5 aromatic heterocycles. The molecule has 220 valence electrons. The lowest BCUT2D eigenvalue weighted by molar-refractivity contribution is -0.114. The average Bonchev–Trinajstić information content (AvgIpc) is 3.71. The van der Waals surface area contributed by atoms with E-state index in [0.29, 0.717) is 44.7 Å². The van der Waals surface area contributed by atoms with Crippen molar-refractivity contribution in [2.75, 3.05) is 5.32 Å². The summed E-state index contributed by atoms with van der Waals surface area (Å²) in [6.07, 6.45) is 0.753. The van der Waals surface area contributed by atoms with Gasteiger partial charge in [0, 0.05) is 30.0 Å². The van der Waals surface area contributed by atoms with Gasteiger partial charge in [0.2, 0.25) is 16.2 Å². The maximum absolute atomic E-state index is 12.1. The van der Waals surface area contributed by atoms with E-state index in [2.05, 4.69) is 69.6 Å². The van der Waals surface area contributed by atoms with Crippen molar-refractivity contribution < 1.29 is 14.6 Å². The number of aryl methyl sites for hydroxylation is 4. The fourth-order valence-corrected chi connectivity index (χ4v) is 4.56. The number of aromatic hydroxyl groups is 1. The molecule has 3 N–H and O–H groups in total. The molecule has 20 nitrogen and oxygen atoms in total. The minimum atomic E-state index is -0.672. The molecule has 0 bridgehead atoms. The van der Waals surface area contributed by atoms with Crippen LogP contribution in [-0.4, -0.2) is 70.6 Å². The van der Waals surface area contributed by atoms with E-state index in [4.69, 9.17) is 10.1 Å². The Morgan fingerprint density at radius 3 is 2.00 bits per heavy atom. The summed E-state index contributed by atoms with van der Waals surface area (Å²) in [4.78, 5) is 32.9. The van der Waals surface area contributed by atoms with Gasteiger partial charge in [0.1, 0.15) is 29.6 Å². The van der Waals surface area contributed by atoms with E-state index < -0.39 is 11.9 Å². The maximum atomic E-state index is 12.1. The van der Waals surface area contributed by atoms with Crippen molar-refractivity contribution in [1.29, 1.82) is 5.41 Å². The van der Waals surface area contributed by atoms with Crippen LogP contribution in [0, 0.1) is 33.1 Å². The monoisotopic (exact) mass is 623 g/mol. The third-order valence-corrected chi connectivity index (χ3v) is 6.62. The molecule has 1 amide bonds. The second kappa shape index (κ2) is 12.2. The van der Waals surface area contributed by atoms with Crippen LogP contribution in [0.3, 0.4) is 0 Å². The third kappa shape index (κ3) is 6.38. The number of carbonyl (C=O) groups excluding carboxylic acids is 1. The Hall–Kier alpha value is -5.51. The Labute approximate surface area is 249 Å². The van der Waals surface area contributed by atoms with Crippen LogP contribution in [0.4, 0.5) is 27.5 Å². The lowest BCUT2D eigenvalue weighted by Crippen LogP contribution is -2.16. The van der Waals surface area contributed by atoms with Crippen molar-refractivity contribution in [1.82, 2.24) is 53.2 Å². The Bertz CT molecular complexity index is 1880. The van der Waals surface area contributed by atoms with Crippen LogP contribution >= 0.6 is 23.1 Å². The normalized spacial score (nSPS) is 11.6. The molecule has 0 unspecified atom stereocenters. The van der Waals surface area contributed by atoms with Crippen LogP contribution in [0.1, 0.15) is 35.7 Å². The summed E-state index contributed by atoms with van der Waals surface area (Å²) in [5, 5.41) is 46.7. The summed E-state index contributed by atoms with van der Waals surface area (Å²) in [7, 11) is 0. The van der Waals surface area contributed by atoms with Gasteiger partial charge < -0.3 is 15.2 Å². The molecule has 0 aromatic carbocycles. The number of azo groups is 2. The van der Waals surface area contributed by atoms with Gasteiger partial charge >= 0.3 is 6.01 Å². The molecule has 0 aliphatic rings. The Kier molecular flexibility index (Phi) is 8.20. The number of aromatic nitrogens is 11. The van der Waals surface area contributed by atoms with Gasteiger partial charge in [-0.1, -0.05) is 0 Å². The first-order valence-corrected chi connectivity index (χ1v) is 13.6. The highest BCUT2D eigenvalue weighted by Gasteiger charge is 2.24. The molecule has 0 radical (unpaired) electrons. The van der Waals surface area contributed by atoms with Crippen molar-refractivity contribution in [2.45, 2.75) is 41.2 Å². The Morgan fingerprint density at radius 2 is 1.44 bits per heavy atom. The van der Waals surface area contributed by atoms with Crippen molar-refractivity contribution in [3.05, 3.63) is 28.7 Å². The number of nitrogens with one attached hydrogen (secondary N) is 2. The Balaban J connectivity index is 1.60. The van der Waals surface area contributed by atoms with Crippen LogP contribution in [0.2, 0.25) is 0 Å². The van der Waals surface area contributed by atoms with E-state index in [0.717, 1.165) is 29.5 Å². The number of rotatable bonds is 10. The first kappa shape index (κ1) is 29.0. The number of ether oxygens (including phenoxy) is 1. The smallest absolute Gasteiger partial charge is 0.320 e.